The molecule has 1 aromatic heterocycles. The van der Waals surface area contributed by atoms with E-state index in [1.54, 1.807) is 6.07 Å². The molecule has 0 saturated carbocycles. The number of carbonyl (C=O) groups is 1. The third-order valence-electron chi connectivity index (χ3n) is 3.77. The molecule has 0 saturated heterocycles. The highest BCUT2D eigenvalue weighted by Crippen LogP contribution is 2.28. The van der Waals surface area contributed by atoms with Crippen LogP contribution in [0.1, 0.15) is 21.7 Å². The van der Waals surface area contributed by atoms with Crippen molar-refractivity contribution in [3.63, 3.8) is 0 Å². The lowest BCUT2D eigenvalue weighted by molar-refractivity contribution is 0.0697. The number of hydrogen-bond acceptors (Lipinski definition) is 3. The predicted octanol–water partition coefficient (Wildman–Crippen LogP) is 5.98. The molecule has 0 aliphatic heterocycles. The van der Waals surface area contributed by atoms with E-state index in [1.165, 1.54) is 12.1 Å². The zero-order chi connectivity index (χ0) is 18.0. The number of aryl methyl sites for hydroxylation is 1. The molecule has 0 aliphatic carbocycles. The Hall–Kier alpha value is -2.24. The molecule has 0 fully saturated rings. The molecule has 0 radical (unpaired) electrons. The summed E-state index contributed by atoms with van der Waals surface area (Å²) in [6, 6.07) is 14.4. The molecule has 3 aromatic rings. The van der Waals surface area contributed by atoms with Crippen molar-refractivity contribution < 1.29 is 14.3 Å². The second-order valence-corrected chi connectivity index (χ2v) is 6.84. The summed E-state index contributed by atoms with van der Waals surface area (Å²) in [5, 5.41) is 12.6. The van der Waals surface area contributed by atoms with Crippen LogP contribution in [0.4, 0.5) is 5.69 Å². The molecule has 0 amide bonds. The van der Waals surface area contributed by atoms with Crippen LogP contribution in [-0.2, 0) is 6.54 Å². The standard InChI is InChI=1S/C19H15BrClNO3/c1-11-8-12(2-5-15(11)20)18-7-4-14(25-18)10-22-17-9-13(19(23)24)3-6-16(17)21/h2-9,22H,10H2,1H3,(H,23,24). The van der Waals surface area contributed by atoms with Gasteiger partial charge in [0, 0.05) is 10.0 Å². The number of anilines is 1. The van der Waals surface area contributed by atoms with Crippen LogP contribution in [0.25, 0.3) is 11.3 Å². The molecule has 0 bridgehead atoms. The lowest BCUT2D eigenvalue weighted by Gasteiger charge is -2.08. The van der Waals surface area contributed by atoms with E-state index in [9.17, 15) is 4.79 Å². The average molecular weight is 421 g/mol. The zero-order valence-electron chi connectivity index (χ0n) is 13.3. The number of carboxylic acid groups (broad SMARTS) is 1. The van der Waals surface area contributed by atoms with E-state index < -0.39 is 5.97 Å². The van der Waals surface area contributed by atoms with Crippen molar-refractivity contribution in [2.75, 3.05) is 5.32 Å². The number of rotatable bonds is 5. The van der Waals surface area contributed by atoms with Crippen molar-refractivity contribution in [2.24, 2.45) is 0 Å². The van der Waals surface area contributed by atoms with E-state index in [-0.39, 0.29) is 5.56 Å². The first kappa shape index (κ1) is 17.6. The Morgan fingerprint density at radius 2 is 2.00 bits per heavy atom. The van der Waals surface area contributed by atoms with Crippen LogP contribution in [0.2, 0.25) is 5.02 Å². The van der Waals surface area contributed by atoms with Gasteiger partial charge in [-0.3, -0.25) is 0 Å². The van der Waals surface area contributed by atoms with Crippen LogP contribution in [0.15, 0.2) is 57.4 Å². The van der Waals surface area contributed by atoms with Gasteiger partial charge in [0.1, 0.15) is 11.5 Å². The number of nitrogens with one attached hydrogen (secondary N) is 1. The largest absolute Gasteiger partial charge is 0.478 e. The molecule has 128 valence electrons. The summed E-state index contributed by atoms with van der Waals surface area (Å²) in [5.74, 6) is 0.510. The van der Waals surface area contributed by atoms with Gasteiger partial charge in [-0.15, -0.1) is 0 Å². The van der Waals surface area contributed by atoms with Gasteiger partial charge in [0.2, 0.25) is 0 Å². The summed E-state index contributed by atoms with van der Waals surface area (Å²) in [4.78, 5) is 11.1. The molecule has 3 rings (SSSR count). The summed E-state index contributed by atoms with van der Waals surface area (Å²) < 4.78 is 6.92. The highest BCUT2D eigenvalue weighted by molar-refractivity contribution is 9.10. The molecular weight excluding hydrogens is 406 g/mol. The summed E-state index contributed by atoms with van der Waals surface area (Å²) in [6.07, 6.45) is 0. The fraction of sp³-hybridized carbons (Fsp3) is 0.105. The quantitative estimate of drug-likeness (QED) is 0.533. The SMILES string of the molecule is Cc1cc(-c2ccc(CNc3cc(C(=O)O)ccc3Cl)o2)ccc1Br. The molecule has 0 aliphatic rings. The Kier molecular flexibility index (Phi) is 5.16. The first-order valence-electron chi connectivity index (χ1n) is 7.56. The number of halogens is 2. The Bertz CT molecular complexity index is 936. The molecule has 25 heavy (non-hydrogen) atoms. The van der Waals surface area contributed by atoms with Crippen LogP contribution in [0, 0.1) is 6.92 Å². The van der Waals surface area contributed by atoms with Gasteiger partial charge < -0.3 is 14.8 Å². The molecular formula is C19H15BrClNO3. The maximum absolute atomic E-state index is 11.1. The fourth-order valence-electron chi connectivity index (χ4n) is 2.40. The zero-order valence-corrected chi connectivity index (χ0v) is 15.7. The predicted molar refractivity (Wildman–Crippen MR) is 102 cm³/mol. The third kappa shape index (κ3) is 4.06. The minimum Gasteiger partial charge on any atom is -0.478 e. The Labute approximate surface area is 158 Å². The van der Waals surface area contributed by atoms with Gasteiger partial charge >= 0.3 is 5.97 Å². The molecule has 6 heteroatoms. The van der Waals surface area contributed by atoms with Gasteiger partial charge in [-0.2, -0.15) is 0 Å². The van der Waals surface area contributed by atoms with Crippen molar-refractivity contribution in [3.8, 4) is 11.3 Å². The van der Waals surface area contributed by atoms with Crippen molar-refractivity contribution in [1.82, 2.24) is 0 Å². The highest BCUT2D eigenvalue weighted by atomic mass is 79.9. The number of aromatic carboxylic acids is 1. The number of furan rings is 1. The number of carboxylic acids is 1. The van der Waals surface area contributed by atoms with Gasteiger partial charge in [0.05, 0.1) is 22.8 Å². The van der Waals surface area contributed by atoms with Crippen molar-refractivity contribution in [3.05, 3.63) is 74.9 Å². The molecule has 0 unspecified atom stereocenters. The van der Waals surface area contributed by atoms with Gasteiger partial charge in [-0.05, 0) is 55.0 Å². The molecule has 0 atom stereocenters. The van der Waals surface area contributed by atoms with E-state index in [1.807, 2.05) is 37.3 Å². The van der Waals surface area contributed by atoms with E-state index in [0.717, 1.165) is 27.1 Å². The fourth-order valence-corrected chi connectivity index (χ4v) is 2.83. The molecule has 4 nitrogen and oxygen atoms in total. The smallest absolute Gasteiger partial charge is 0.335 e. The topological polar surface area (TPSA) is 62.5 Å². The van der Waals surface area contributed by atoms with Gasteiger partial charge in [-0.1, -0.05) is 33.6 Å². The highest BCUT2D eigenvalue weighted by Gasteiger charge is 2.09. The Morgan fingerprint density at radius 1 is 1.20 bits per heavy atom. The maximum Gasteiger partial charge on any atom is 0.335 e. The second-order valence-electron chi connectivity index (χ2n) is 5.58. The Balaban J connectivity index is 1.75. The minimum absolute atomic E-state index is 0.178. The summed E-state index contributed by atoms with van der Waals surface area (Å²) in [5.41, 5.74) is 2.86. The lowest BCUT2D eigenvalue weighted by atomic mass is 10.1. The van der Waals surface area contributed by atoms with E-state index in [4.69, 9.17) is 21.1 Å². The first-order valence-corrected chi connectivity index (χ1v) is 8.73. The van der Waals surface area contributed by atoms with Crippen LogP contribution < -0.4 is 5.32 Å². The van der Waals surface area contributed by atoms with Crippen molar-refractivity contribution in [1.29, 1.82) is 0 Å². The Morgan fingerprint density at radius 3 is 2.72 bits per heavy atom. The van der Waals surface area contributed by atoms with E-state index >= 15 is 0 Å². The molecule has 0 spiro atoms. The molecule has 2 N–H and O–H groups in total. The normalized spacial score (nSPS) is 10.7. The molecule has 2 aromatic carbocycles. The lowest BCUT2D eigenvalue weighted by Crippen LogP contribution is -2.02. The van der Waals surface area contributed by atoms with Gasteiger partial charge in [0.15, 0.2) is 0 Å². The monoisotopic (exact) mass is 419 g/mol. The van der Waals surface area contributed by atoms with Crippen LogP contribution >= 0.6 is 27.5 Å². The summed E-state index contributed by atoms with van der Waals surface area (Å²) in [7, 11) is 0. The molecule has 1 heterocycles. The van der Waals surface area contributed by atoms with Crippen molar-refractivity contribution >= 4 is 39.2 Å². The third-order valence-corrected chi connectivity index (χ3v) is 4.99. The van der Waals surface area contributed by atoms with Gasteiger partial charge in [0.25, 0.3) is 0 Å². The van der Waals surface area contributed by atoms with Crippen molar-refractivity contribution in [2.45, 2.75) is 13.5 Å². The number of hydrogen-bond donors (Lipinski definition) is 2. The number of benzene rings is 2. The van der Waals surface area contributed by atoms with Crippen LogP contribution in [-0.4, -0.2) is 11.1 Å². The van der Waals surface area contributed by atoms with Gasteiger partial charge in [-0.25, -0.2) is 4.79 Å². The maximum atomic E-state index is 11.1. The summed E-state index contributed by atoms with van der Waals surface area (Å²) in [6.45, 7) is 2.43. The second kappa shape index (κ2) is 7.33. The van der Waals surface area contributed by atoms with E-state index in [2.05, 4.69) is 21.2 Å². The van der Waals surface area contributed by atoms with Crippen LogP contribution in [0.5, 0.6) is 0 Å². The summed E-state index contributed by atoms with van der Waals surface area (Å²) >= 11 is 9.60. The first-order chi connectivity index (χ1) is 11.9. The average Bonchev–Trinajstić information content (AvgIpc) is 3.05. The van der Waals surface area contributed by atoms with Crippen LogP contribution in [0.3, 0.4) is 0 Å². The van der Waals surface area contributed by atoms with E-state index in [0.29, 0.717) is 17.3 Å². The minimum atomic E-state index is -0.995.